The van der Waals surface area contributed by atoms with Gasteiger partial charge in [0.25, 0.3) is 5.56 Å². The molecule has 1 fully saturated rings. The lowest BCUT2D eigenvalue weighted by Crippen LogP contribution is -2.37. The number of fused-ring (bicyclic) bond motifs is 1. The van der Waals surface area contributed by atoms with E-state index in [0.717, 1.165) is 43.3 Å². The molecule has 1 saturated heterocycles. The highest BCUT2D eigenvalue weighted by atomic mass is 32.2. The van der Waals surface area contributed by atoms with E-state index in [1.807, 2.05) is 9.47 Å². The molecule has 0 spiro atoms. The number of thioether (sulfide) groups is 1. The number of piperidine rings is 1. The Morgan fingerprint density at radius 2 is 1.81 bits per heavy atom. The van der Waals surface area contributed by atoms with E-state index in [1.54, 1.807) is 7.05 Å². The van der Waals surface area contributed by atoms with E-state index in [-0.39, 0.29) is 11.5 Å². The number of nitrogens with zero attached hydrogens (tertiary/aromatic N) is 5. The van der Waals surface area contributed by atoms with E-state index in [4.69, 9.17) is 0 Å². The maximum atomic E-state index is 12.7. The zero-order valence-corrected chi connectivity index (χ0v) is 17.0. The van der Waals surface area contributed by atoms with Crippen molar-refractivity contribution < 1.29 is 4.79 Å². The second kappa shape index (κ2) is 8.33. The number of carbonyl (C=O) groups is 1. The van der Waals surface area contributed by atoms with Gasteiger partial charge >= 0.3 is 5.69 Å². The van der Waals surface area contributed by atoms with Crippen LogP contribution in [-0.4, -0.2) is 48.3 Å². The summed E-state index contributed by atoms with van der Waals surface area (Å²) in [7, 11) is 3.10. The summed E-state index contributed by atoms with van der Waals surface area (Å²) in [5.41, 5.74) is 0.0765. The van der Waals surface area contributed by atoms with Crippen molar-refractivity contribution in [2.75, 3.05) is 18.8 Å². The number of likely N-dealkylation sites (tertiary alicyclic amines) is 1. The molecule has 0 aliphatic carbocycles. The minimum absolute atomic E-state index is 0.107. The second-order valence-electron chi connectivity index (χ2n) is 7.01. The van der Waals surface area contributed by atoms with E-state index < -0.39 is 5.69 Å². The molecule has 0 aromatic carbocycles. The van der Waals surface area contributed by atoms with Crippen molar-refractivity contribution in [2.45, 2.75) is 50.7 Å². The van der Waals surface area contributed by atoms with Crippen molar-refractivity contribution in [1.82, 2.24) is 23.6 Å². The van der Waals surface area contributed by atoms with Gasteiger partial charge in [-0.05, 0) is 25.7 Å². The number of hydrogen-bond acceptors (Lipinski definition) is 5. The Balaban J connectivity index is 1.95. The topological polar surface area (TPSA) is 82.1 Å². The minimum Gasteiger partial charge on any atom is -0.342 e. The Bertz CT molecular complexity index is 953. The summed E-state index contributed by atoms with van der Waals surface area (Å²) in [6, 6.07) is 0. The van der Waals surface area contributed by atoms with Crippen molar-refractivity contribution in [2.24, 2.45) is 14.1 Å². The Kier molecular flexibility index (Phi) is 6.08. The first-order valence-electron chi connectivity index (χ1n) is 9.52. The quantitative estimate of drug-likeness (QED) is 0.692. The largest absolute Gasteiger partial charge is 0.342 e. The summed E-state index contributed by atoms with van der Waals surface area (Å²) in [4.78, 5) is 43.9. The zero-order valence-electron chi connectivity index (χ0n) is 16.2. The molecule has 9 heteroatoms. The number of rotatable bonds is 6. The average Bonchev–Trinajstić information content (AvgIpc) is 3.06. The van der Waals surface area contributed by atoms with Crippen LogP contribution in [0.2, 0.25) is 0 Å². The van der Waals surface area contributed by atoms with Crippen LogP contribution in [0.25, 0.3) is 11.2 Å². The Morgan fingerprint density at radius 3 is 2.48 bits per heavy atom. The zero-order chi connectivity index (χ0) is 19.6. The summed E-state index contributed by atoms with van der Waals surface area (Å²) < 4.78 is 4.38. The Labute approximate surface area is 162 Å². The molecule has 0 bridgehead atoms. The van der Waals surface area contributed by atoms with Gasteiger partial charge in [-0.15, -0.1) is 0 Å². The number of carbonyl (C=O) groups excluding carboxylic acids is 1. The first-order valence-corrected chi connectivity index (χ1v) is 10.5. The highest BCUT2D eigenvalue weighted by molar-refractivity contribution is 7.99. The highest BCUT2D eigenvalue weighted by Crippen LogP contribution is 2.23. The fourth-order valence-electron chi connectivity index (χ4n) is 3.42. The molecule has 0 saturated carbocycles. The van der Waals surface area contributed by atoms with Gasteiger partial charge in [0.1, 0.15) is 0 Å². The number of aryl methyl sites for hydroxylation is 2. The Morgan fingerprint density at radius 1 is 1.11 bits per heavy atom. The fraction of sp³-hybridized carbons (Fsp3) is 0.667. The maximum absolute atomic E-state index is 12.7. The molecular formula is C18H27N5O3S. The van der Waals surface area contributed by atoms with Crippen molar-refractivity contribution in [3.8, 4) is 0 Å². The molecule has 148 valence electrons. The molecule has 8 nitrogen and oxygen atoms in total. The highest BCUT2D eigenvalue weighted by Gasteiger charge is 2.21. The molecule has 0 N–H and O–H groups in total. The molecule has 3 rings (SSSR count). The minimum atomic E-state index is -0.395. The van der Waals surface area contributed by atoms with Gasteiger partial charge in [-0.25, -0.2) is 9.78 Å². The lowest BCUT2D eigenvalue weighted by atomic mass is 10.1. The number of imidazole rings is 1. The van der Waals surface area contributed by atoms with E-state index in [1.165, 1.54) is 29.8 Å². The maximum Gasteiger partial charge on any atom is 0.332 e. The predicted molar refractivity (Wildman–Crippen MR) is 106 cm³/mol. The molecular weight excluding hydrogens is 366 g/mol. The van der Waals surface area contributed by atoms with Crippen LogP contribution in [-0.2, 0) is 25.4 Å². The van der Waals surface area contributed by atoms with Crippen molar-refractivity contribution in [3.05, 3.63) is 20.8 Å². The monoisotopic (exact) mass is 393 g/mol. The van der Waals surface area contributed by atoms with Crippen molar-refractivity contribution in [3.63, 3.8) is 0 Å². The number of hydrogen-bond donors (Lipinski definition) is 0. The third-order valence-corrected chi connectivity index (χ3v) is 6.04. The summed E-state index contributed by atoms with van der Waals surface area (Å²) in [5.74, 6) is 0.402. The molecule has 3 heterocycles. The van der Waals surface area contributed by atoms with Crippen LogP contribution >= 0.6 is 11.8 Å². The third kappa shape index (κ3) is 3.83. The molecule has 0 radical (unpaired) electrons. The summed E-state index contributed by atoms with van der Waals surface area (Å²) in [6.07, 6.45) is 5.17. The lowest BCUT2D eigenvalue weighted by Gasteiger charge is -2.26. The van der Waals surface area contributed by atoms with Crippen LogP contribution in [0, 0.1) is 0 Å². The van der Waals surface area contributed by atoms with Crippen LogP contribution in [0.4, 0.5) is 0 Å². The van der Waals surface area contributed by atoms with Crippen molar-refractivity contribution in [1.29, 1.82) is 0 Å². The number of aromatic nitrogens is 4. The Hall–Kier alpha value is -2.03. The number of amides is 1. The molecule has 1 aliphatic rings. The van der Waals surface area contributed by atoms with Crippen LogP contribution in [0.15, 0.2) is 14.7 Å². The smallest absolute Gasteiger partial charge is 0.332 e. The van der Waals surface area contributed by atoms with Gasteiger partial charge in [0.2, 0.25) is 5.91 Å². The fourth-order valence-corrected chi connectivity index (χ4v) is 4.35. The third-order valence-electron chi connectivity index (χ3n) is 5.08. The first kappa shape index (κ1) is 19.7. The molecule has 1 amide bonds. The van der Waals surface area contributed by atoms with Crippen LogP contribution in [0.3, 0.4) is 0 Å². The van der Waals surface area contributed by atoms with Gasteiger partial charge in [-0.2, -0.15) is 0 Å². The normalized spacial score (nSPS) is 14.9. The van der Waals surface area contributed by atoms with Gasteiger partial charge in [0.15, 0.2) is 16.3 Å². The van der Waals surface area contributed by atoms with E-state index in [2.05, 4.69) is 11.9 Å². The van der Waals surface area contributed by atoms with Crippen LogP contribution in [0.5, 0.6) is 0 Å². The second-order valence-corrected chi connectivity index (χ2v) is 7.95. The van der Waals surface area contributed by atoms with Gasteiger partial charge in [-0.3, -0.25) is 18.7 Å². The van der Waals surface area contributed by atoms with E-state index >= 15 is 0 Å². The lowest BCUT2D eigenvalue weighted by molar-refractivity contribution is -0.129. The first-order chi connectivity index (χ1) is 13.0. The summed E-state index contributed by atoms with van der Waals surface area (Å²) >= 11 is 1.35. The summed E-state index contributed by atoms with van der Waals surface area (Å²) in [6.45, 7) is 4.36. The van der Waals surface area contributed by atoms with Crippen LogP contribution < -0.4 is 11.2 Å². The van der Waals surface area contributed by atoms with Crippen LogP contribution in [0.1, 0.15) is 39.0 Å². The molecule has 27 heavy (non-hydrogen) atoms. The summed E-state index contributed by atoms with van der Waals surface area (Å²) in [5, 5.41) is 0.627. The molecule has 0 unspecified atom stereocenters. The molecule has 0 atom stereocenters. The van der Waals surface area contributed by atoms with E-state index in [9.17, 15) is 14.4 Å². The molecule has 2 aromatic heterocycles. The predicted octanol–water partition coefficient (Wildman–Crippen LogP) is 1.34. The van der Waals surface area contributed by atoms with Gasteiger partial charge in [-0.1, -0.05) is 25.1 Å². The van der Waals surface area contributed by atoms with Gasteiger partial charge < -0.3 is 9.47 Å². The van der Waals surface area contributed by atoms with Crippen molar-refractivity contribution >= 4 is 28.8 Å². The van der Waals surface area contributed by atoms with E-state index in [0.29, 0.717) is 28.6 Å². The number of unbranched alkanes of at least 4 members (excludes halogenated alkanes) is 1. The van der Waals surface area contributed by atoms with Gasteiger partial charge in [0.05, 0.1) is 5.75 Å². The standard InChI is InChI=1S/C18H27N5O3S/c1-4-5-11-23-14-15(20(2)18(26)21(3)16(14)25)19-17(23)27-12-13(24)22-9-7-6-8-10-22/h4-12H2,1-3H3. The SMILES string of the molecule is CCCCn1c(SCC(=O)N2CCCCC2)nc2c1c(=O)n(C)c(=O)n2C. The molecule has 2 aromatic rings. The van der Waals surface area contributed by atoms with Gasteiger partial charge in [0, 0.05) is 33.7 Å². The molecule has 1 aliphatic heterocycles. The average molecular weight is 394 g/mol.